The smallest absolute Gasteiger partial charge is 0.407 e. The maximum Gasteiger partial charge on any atom is 0.407 e. The molecule has 2 aliphatic rings. The first-order chi connectivity index (χ1) is 20.6. The predicted octanol–water partition coefficient (Wildman–Crippen LogP) is 4.84. The first-order valence-corrected chi connectivity index (χ1v) is 14.9. The van der Waals surface area contributed by atoms with E-state index >= 15 is 0 Å². The van der Waals surface area contributed by atoms with E-state index in [1.807, 2.05) is 63.2 Å². The van der Waals surface area contributed by atoms with Gasteiger partial charge in [0.25, 0.3) is 0 Å². The molecule has 8 heteroatoms. The largest absolute Gasteiger partial charge is 0.449 e. The number of benzene rings is 3. The van der Waals surface area contributed by atoms with Crippen LogP contribution in [0.25, 0.3) is 11.1 Å². The minimum atomic E-state index is -0.963. The number of fused-ring (bicyclic) bond motifs is 3. The third kappa shape index (κ3) is 6.63. The van der Waals surface area contributed by atoms with Crippen LogP contribution < -0.4 is 10.6 Å². The van der Waals surface area contributed by atoms with E-state index in [0.717, 1.165) is 38.9 Å². The number of nitrogens with zero attached hydrogens (tertiary/aromatic N) is 1. The molecule has 0 unspecified atom stereocenters. The van der Waals surface area contributed by atoms with E-state index in [-0.39, 0.29) is 62.0 Å². The molecule has 3 atom stereocenters. The molecule has 1 saturated heterocycles. The molecular formula is C35H39N3O5. The molecule has 0 radical (unpaired) electrons. The van der Waals surface area contributed by atoms with Gasteiger partial charge in [0, 0.05) is 31.3 Å². The number of nitrogens with one attached hydrogen (secondary N) is 2. The minimum Gasteiger partial charge on any atom is -0.449 e. The molecular weight excluding hydrogens is 542 g/mol. The van der Waals surface area contributed by atoms with Crippen molar-refractivity contribution in [2.24, 2.45) is 0 Å². The molecule has 1 heterocycles. The number of aryl methyl sites for hydroxylation is 2. The van der Waals surface area contributed by atoms with Crippen molar-refractivity contribution >= 4 is 23.7 Å². The topological polar surface area (TPSA) is 105 Å². The lowest BCUT2D eigenvalue weighted by molar-refractivity contribution is -0.146. The lowest BCUT2D eigenvalue weighted by atomic mass is 9.96. The lowest BCUT2D eigenvalue weighted by Crippen LogP contribution is -2.64. The number of piperazine rings is 1. The summed E-state index contributed by atoms with van der Waals surface area (Å²) >= 11 is 0. The number of alkyl carbamates (subject to hydrolysis) is 1. The number of carbonyl (C=O) groups is 4. The third-order valence-electron chi connectivity index (χ3n) is 8.45. The minimum absolute atomic E-state index is 0.0533. The molecule has 43 heavy (non-hydrogen) atoms. The van der Waals surface area contributed by atoms with Crippen LogP contribution >= 0.6 is 0 Å². The van der Waals surface area contributed by atoms with Crippen molar-refractivity contribution in [2.45, 2.75) is 71.0 Å². The second-order valence-corrected chi connectivity index (χ2v) is 11.8. The van der Waals surface area contributed by atoms with E-state index in [1.54, 1.807) is 0 Å². The predicted molar refractivity (Wildman–Crippen MR) is 165 cm³/mol. The average Bonchev–Trinajstić information content (AvgIpc) is 3.29. The van der Waals surface area contributed by atoms with Crippen molar-refractivity contribution in [3.63, 3.8) is 0 Å². The van der Waals surface area contributed by atoms with E-state index in [0.29, 0.717) is 0 Å². The molecule has 1 aliphatic heterocycles. The number of carbonyl (C=O) groups excluding carboxylic acids is 4. The SMILES string of the molecule is CC(=O)CC[C@H]1C(=O)N[C@H](C)CN1C(=O)[C@@H](Cc1ccc(C)cc1C)NC(=O)OCC1c2ccccc2-c2ccccc21. The highest BCUT2D eigenvalue weighted by atomic mass is 16.5. The number of rotatable bonds is 9. The van der Waals surface area contributed by atoms with Gasteiger partial charge >= 0.3 is 6.09 Å². The number of Topliss-reactive ketones (excluding diaryl/α,β-unsaturated/α-hetero) is 1. The molecule has 3 aromatic rings. The maximum absolute atomic E-state index is 14.1. The van der Waals surface area contributed by atoms with Crippen molar-refractivity contribution < 1.29 is 23.9 Å². The molecule has 0 aromatic heterocycles. The van der Waals surface area contributed by atoms with E-state index in [9.17, 15) is 19.2 Å². The Morgan fingerprint density at radius 2 is 1.65 bits per heavy atom. The van der Waals surface area contributed by atoms with Crippen molar-refractivity contribution in [1.82, 2.24) is 15.5 Å². The molecule has 1 aliphatic carbocycles. The summed E-state index contributed by atoms with van der Waals surface area (Å²) in [6.07, 6.45) is -0.0561. The molecule has 0 saturated carbocycles. The Balaban J connectivity index is 1.37. The Hall–Kier alpha value is -4.46. The fourth-order valence-corrected chi connectivity index (χ4v) is 6.30. The van der Waals surface area contributed by atoms with Crippen molar-refractivity contribution in [1.29, 1.82) is 0 Å². The van der Waals surface area contributed by atoms with Gasteiger partial charge in [-0.05, 0) is 67.5 Å². The molecule has 3 aromatic carbocycles. The second-order valence-electron chi connectivity index (χ2n) is 11.8. The van der Waals surface area contributed by atoms with Gasteiger partial charge in [0.1, 0.15) is 24.5 Å². The molecule has 224 valence electrons. The lowest BCUT2D eigenvalue weighted by Gasteiger charge is -2.40. The fraction of sp³-hybridized carbons (Fsp3) is 0.371. The van der Waals surface area contributed by atoms with Crippen molar-refractivity contribution in [3.8, 4) is 11.1 Å². The summed E-state index contributed by atoms with van der Waals surface area (Å²) in [5.74, 6) is -0.833. The number of ketones is 1. The summed E-state index contributed by atoms with van der Waals surface area (Å²) in [7, 11) is 0. The van der Waals surface area contributed by atoms with Crippen LogP contribution in [-0.2, 0) is 25.5 Å². The highest BCUT2D eigenvalue weighted by Gasteiger charge is 2.39. The van der Waals surface area contributed by atoms with Gasteiger partial charge in [0.15, 0.2) is 0 Å². The summed E-state index contributed by atoms with van der Waals surface area (Å²) in [6.45, 7) is 7.68. The van der Waals surface area contributed by atoms with Crippen molar-refractivity contribution in [3.05, 3.63) is 94.5 Å². The van der Waals surface area contributed by atoms with E-state index in [1.165, 1.54) is 11.8 Å². The zero-order valence-electron chi connectivity index (χ0n) is 25.2. The zero-order valence-corrected chi connectivity index (χ0v) is 25.2. The van der Waals surface area contributed by atoms with Crippen LogP contribution in [0, 0.1) is 13.8 Å². The van der Waals surface area contributed by atoms with Crippen LogP contribution in [0.4, 0.5) is 4.79 Å². The maximum atomic E-state index is 14.1. The summed E-state index contributed by atoms with van der Waals surface area (Å²) in [4.78, 5) is 53.7. The summed E-state index contributed by atoms with van der Waals surface area (Å²) in [6, 6.07) is 20.2. The van der Waals surface area contributed by atoms with Crippen LogP contribution in [0.15, 0.2) is 66.7 Å². The van der Waals surface area contributed by atoms with E-state index < -0.39 is 18.2 Å². The quantitative estimate of drug-likeness (QED) is 0.377. The molecule has 0 spiro atoms. The molecule has 8 nitrogen and oxygen atoms in total. The van der Waals surface area contributed by atoms with Crippen LogP contribution in [0.1, 0.15) is 60.4 Å². The Morgan fingerprint density at radius 3 is 2.28 bits per heavy atom. The highest BCUT2D eigenvalue weighted by Crippen LogP contribution is 2.44. The van der Waals surface area contributed by atoms with Crippen LogP contribution in [0.5, 0.6) is 0 Å². The van der Waals surface area contributed by atoms with Gasteiger partial charge in [-0.2, -0.15) is 0 Å². The van der Waals surface area contributed by atoms with Gasteiger partial charge in [-0.3, -0.25) is 9.59 Å². The highest BCUT2D eigenvalue weighted by molar-refractivity contribution is 5.93. The van der Waals surface area contributed by atoms with E-state index in [2.05, 4.69) is 34.9 Å². The first-order valence-electron chi connectivity index (χ1n) is 14.9. The number of hydrogen-bond donors (Lipinski definition) is 2. The van der Waals surface area contributed by atoms with Gasteiger partial charge in [0.2, 0.25) is 11.8 Å². The van der Waals surface area contributed by atoms with Crippen LogP contribution in [0.2, 0.25) is 0 Å². The Morgan fingerprint density at radius 1 is 1.00 bits per heavy atom. The molecule has 0 bridgehead atoms. The van der Waals surface area contributed by atoms with Gasteiger partial charge < -0.3 is 25.1 Å². The average molecular weight is 582 g/mol. The number of amides is 3. The Kier molecular flexibility index (Phi) is 8.94. The second kappa shape index (κ2) is 12.8. The van der Waals surface area contributed by atoms with Gasteiger partial charge in [-0.25, -0.2) is 4.79 Å². The number of hydrogen-bond acceptors (Lipinski definition) is 5. The molecule has 5 rings (SSSR count). The van der Waals surface area contributed by atoms with E-state index in [4.69, 9.17) is 4.74 Å². The number of ether oxygens (including phenoxy) is 1. The molecule has 3 amide bonds. The first kappa shape index (κ1) is 30.0. The summed E-state index contributed by atoms with van der Waals surface area (Å²) in [5.41, 5.74) is 7.47. The molecule has 2 N–H and O–H groups in total. The van der Waals surface area contributed by atoms with Crippen LogP contribution in [-0.4, -0.2) is 59.9 Å². The standard InChI is InChI=1S/C35H39N3O5/c1-21-13-15-25(22(2)17-21)18-31(34(41)38-19-23(3)36-33(40)32(38)16-14-24(4)39)37-35(42)43-20-30-28-11-7-5-9-26(28)27-10-6-8-12-29(27)30/h5-13,15,17,23,30-32H,14,16,18-20H2,1-4H3,(H,36,40)(H,37,42)/t23-,31-,32+/m1/s1. The fourth-order valence-electron chi connectivity index (χ4n) is 6.30. The van der Waals surface area contributed by atoms with Gasteiger partial charge in [-0.15, -0.1) is 0 Å². The monoisotopic (exact) mass is 581 g/mol. The zero-order chi connectivity index (χ0) is 30.7. The Bertz CT molecular complexity index is 1500. The Labute approximate surface area is 252 Å². The van der Waals surface area contributed by atoms with Gasteiger partial charge in [0.05, 0.1) is 0 Å². The normalized spacial score (nSPS) is 18.3. The third-order valence-corrected chi connectivity index (χ3v) is 8.45. The molecule has 1 fully saturated rings. The summed E-state index contributed by atoms with van der Waals surface area (Å²) < 4.78 is 5.80. The van der Waals surface area contributed by atoms with Crippen LogP contribution in [0.3, 0.4) is 0 Å². The summed E-state index contributed by atoms with van der Waals surface area (Å²) in [5, 5.41) is 5.73. The van der Waals surface area contributed by atoms with Crippen molar-refractivity contribution in [2.75, 3.05) is 13.2 Å². The van der Waals surface area contributed by atoms with Gasteiger partial charge in [-0.1, -0.05) is 72.3 Å².